The van der Waals surface area contributed by atoms with Gasteiger partial charge >= 0.3 is 0 Å². The normalized spacial score (nSPS) is 17.3. The van der Waals surface area contributed by atoms with Crippen molar-refractivity contribution in [2.75, 3.05) is 13.7 Å². The van der Waals surface area contributed by atoms with Crippen LogP contribution < -0.4 is 4.74 Å². The maximum atomic E-state index is 12.7. The Morgan fingerprint density at radius 1 is 1.38 bits per heavy atom. The van der Waals surface area contributed by atoms with E-state index in [1.807, 2.05) is 35.7 Å². The van der Waals surface area contributed by atoms with Gasteiger partial charge in [0.05, 0.1) is 13.2 Å². The SMILES string of the molecule is COc1ccc(C2CCCN2C(=O)CCc2ccnn2C)cc1C. The van der Waals surface area contributed by atoms with Crippen LogP contribution in [0.3, 0.4) is 0 Å². The molecule has 0 saturated carbocycles. The molecule has 0 bridgehead atoms. The third kappa shape index (κ3) is 3.30. The topological polar surface area (TPSA) is 47.4 Å². The van der Waals surface area contributed by atoms with Crippen molar-refractivity contribution in [1.29, 1.82) is 0 Å². The van der Waals surface area contributed by atoms with Gasteiger partial charge in [0, 0.05) is 31.9 Å². The van der Waals surface area contributed by atoms with Crippen LogP contribution in [0.4, 0.5) is 0 Å². The molecule has 0 radical (unpaired) electrons. The maximum Gasteiger partial charge on any atom is 0.223 e. The summed E-state index contributed by atoms with van der Waals surface area (Å²) in [6.07, 6.45) is 5.14. The van der Waals surface area contributed by atoms with Gasteiger partial charge in [-0.05, 0) is 49.4 Å². The zero-order valence-electron chi connectivity index (χ0n) is 14.7. The lowest BCUT2D eigenvalue weighted by Crippen LogP contribution is -2.30. The highest BCUT2D eigenvalue weighted by atomic mass is 16.5. The summed E-state index contributed by atoms with van der Waals surface area (Å²) in [6, 6.07) is 8.40. The van der Waals surface area contributed by atoms with Crippen LogP contribution in [0.1, 0.15) is 42.1 Å². The largest absolute Gasteiger partial charge is 0.496 e. The van der Waals surface area contributed by atoms with Gasteiger partial charge in [-0.3, -0.25) is 9.48 Å². The predicted molar refractivity (Wildman–Crippen MR) is 92.9 cm³/mol. The monoisotopic (exact) mass is 327 g/mol. The Balaban J connectivity index is 1.69. The van der Waals surface area contributed by atoms with Gasteiger partial charge in [-0.25, -0.2) is 0 Å². The molecule has 24 heavy (non-hydrogen) atoms. The maximum absolute atomic E-state index is 12.7. The van der Waals surface area contributed by atoms with Crippen LogP contribution in [0.2, 0.25) is 0 Å². The van der Waals surface area contributed by atoms with Crippen molar-refractivity contribution in [3.8, 4) is 5.75 Å². The minimum absolute atomic E-state index is 0.189. The zero-order valence-corrected chi connectivity index (χ0v) is 14.7. The number of benzene rings is 1. The van der Waals surface area contributed by atoms with Crippen molar-refractivity contribution < 1.29 is 9.53 Å². The van der Waals surface area contributed by atoms with Crippen molar-refractivity contribution in [2.45, 2.75) is 38.6 Å². The highest BCUT2D eigenvalue weighted by molar-refractivity contribution is 5.77. The van der Waals surface area contributed by atoms with Crippen LogP contribution in [0.5, 0.6) is 5.75 Å². The van der Waals surface area contributed by atoms with Gasteiger partial charge in [-0.1, -0.05) is 12.1 Å². The van der Waals surface area contributed by atoms with Crippen molar-refractivity contribution in [1.82, 2.24) is 14.7 Å². The average molecular weight is 327 g/mol. The van der Waals surface area contributed by atoms with E-state index in [1.165, 1.54) is 5.56 Å². The number of aromatic nitrogens is 2. The molecule has 5 nitrogen and oxygen atoms in total. The predicted octanol–water partition coefficient (Wildman–Crippen LogP) is 3.03. The first-order valence-corrected chi connectivity index (χ1v) is 8.51. The van der Waals surface area contributed by atoms with Crippen molar-refractivity contribution in [2.24, 2.45) is 7.05 Å². The lowest BCUT2D eigenvalue weighted by atomic mass is 10.0. The quantitative estimate of drug-likeness (QED) is 0.848. The molecular formula is C19H25N3O2. The van der Waals surface area contributed by atoms with Crippen molar-refractivity contribution >= 4 is 5.91 Å². The Morgan fingerprint density at radius 2 is 2.21 bits per heavy atom. The van der Waals surface area contributed by atoms with Crippen LogP contribution in [-0.4, -0.2) is 34.2 Å². The second kappa shape index (κ2) is 7.07. The van der Waals surface area contributed by atoms with Crippen LogP contribution in [0, 0.1) is 6.92 Å². The minimum atomic E-state index is 0.189. The van der Waals surface area contributed by atoms with E-state index in [1.54, 1.807) is 13.3 Å². The summed E-state index contributed by atoms with van der Waals surface area (Å²) in [6.45, 7) is 2.89. The van der Waals surface area contributed by atoms with Crippen LogP contribution in [0.15, 0.2) is 30.5 Å². The molecule has 2 heterocycles. The van der Waals surface area contributed by atoms with Gasteiger partial charge in [0.15, 0.2) is 0 Å². The second-order valence-electron chi connectivity index (χ2n) is 6.42. The second-order valence-corrected chi connectivity index (χ2v) is 6.42. The number of carbonyl (C=O) groups excluding carboxylic acids is 1. The molecule has 1 aromatic carbocycles. The molecule has 0 aliphatic carbocycles. The number of likely N-dealkylation sites (tertiary alicyclic amines) is 1. The van der Waals surface area contributed by atoms with E-state index in [0.29, 0.717) is 6.42 Å². The number of rotatable bonds is 5. The fourth-order valence-electron chi connectivity index (χ4n) is 3.55. The Labute approximate surface area is 143 Å². The highest BCUT2D eigenvalue weighted by Crippen LogP contribution is 2.34. The molecule has 5 heteroatoms. The summed E-state index contributed by atoms with van der Waals surface area (Å²) in [5, 5.41) is 4.16. The molecular weight excluding hydrogens is 302 g/mol. The molecule has 1 amide bonds. The van der Waals surface area contributed by atoms with Crippen LogP contribution in [-0.2, 0) is 18.3 Å². The Hall–Kier alpha value is -2.30. The number of aryl methyl sites for hydroxylation is 3. The van der Waals surface area contributed by atoms with Gasteiger partial charge in [0.1, 0.15) is 5.75 Å². The van der Waals surface area contributed by atoms with E-state index < -0.39 is 0 Å². The van der Waals surface area contributed by atoms with Crippen molar-refractivity contribution in [3.63, 3.8) is 0 Å². The summed E-state index contributed by atoms with van der Waals surface area (Å²) < 4.78 is 7.17. The Morgan fingerprint density at radius 3 is 2.88 bits per heavy atom. The fraction of sp³-hybridized carbons (Fsp3) is 0.474. The average Bonchev–Trinajstić information content (AvgIpc) is 3.21. The molecule has 1 aromatic heterocycles. The molecule has 0 N–H and O–H groups in total. The standard InChI is InChI=1S/C19H25N3O2/c1-14-13-15(6-8-18(14)24-3)17-5-4-12-22(17)19(23)9-7-16-10-11-20-21(16)2/h6,8,10-11,13,17H,4-5,7,9,12H2,1-3H3. The number of nitrogens with zero attached hydrogens (tertiary/aromatic N) is 3. The molecule has 2 aromatic rings. The van der Waals surface area contributed by atoms with E-state index in [0.717, 1.165) is 42.8 Å². The molecule has 1 aliphatic heterocycles. The van der Waals surface area contributed by atoms with Gasteiger partial charge in [-0.2, -0.15) is 5.10 Å². The highest BCUT2D eigenvalue weighted by Gasteiger charge is 2.29. The summed E-state index contributed by atoms with van der Waals surface area (Å²) in [5.74, 6) is 1.12. The first kappa shape index (κ1) is 16.6. The number of ether oxygens (including phenoxy) is 1. The number of hydrogen-bond donors (Lipinski definition) is 0. The Bertz CT molecular complexity index is 723. The number of hydrogen-bond acceptors (Lipinski definition) is 3. The molecule has 0 spiro atoms. The molecule has 128 valence electrons. The van der Waals surface area contributed by atoms with Crippen LogP contribution >= 0.6 is 0 Å². The van der Waals surface area contributed by atoms with Gasteiger partial charge < -0.3 is 9.64 Å². The van der Waals surface area contributed by atoms with E-state index in [4.69, 9.17) is 4.74 Å². The van der Waals surface area contributed by atoms with Crippen molar-refractivity contribution in [3.05, 3.63) is 47.3 Å². The number of amides is 1. The van der Waals surface area contributed by atoms with Crippen LogP contribution in [0.25, 0.3) is 0 Å². The molecule has 1 unspecified atom stereocenters. The number of methoxy groups -OCH3 is 1. The van der Waals surface area contributed by atoms with Gasteiger partial charge in [0.25, 0.3) is 0 Å². The first-order valence-electron chi connectivity index (χ1n) is 8.51. The summed E-state index contributed by atoms with van der Waals surface area (Å²) in [7, 11) is 3.60. The lowest BCUT2D eigenvalue weighted by Gasteiger charge is -2.26. The summed E-state index contributed by atoms with van der Waals surface area (Å²) >= 11 is 0. The Kier molecular flexibility index (Phi) is 4.88. The third-order valence-electron chi connectivity index (χ3n) is 4.89. The van der Waals surface area contributed by atoms with Gasteiger partial charge in [0.2, 0.25) is 5.91 Å². The third-order valence-corrected chi connectivity index (χ3v) is 4.89. The van der Waals surface area contributed by atoms with E-state index in [2.05, 4.69) is 17.2 Å². The van der Waals surface area contributed by atoms with E-state index >= 15 is 0 Å². The summed E-state index contributed by atoms with van der Waals surface area (Å²) in [4.78, 5) is 14.8. The van der Waals surface area contributed by atoms with E-state index in [-0.39, 0.29) is 11.9 Å². The lowest BCUT2D eigenvalue weighted by molar-refractivity contribution is -0.132. The smallest absolute Gasteiger partial charge is 0.223 e. The summed E-state index contributed by atoms with van der Waals surface area (Å²) in [5.41, 5.74) is 3.42. The number of carbonyl (C=O) groups is 1. The molecule has 1 saturated heterocycles. The molecule has 1 atom stereocenters. The van der Waals surface area contributed by atoms with Gasteiger partial charge in [-0.15, -0.1) is 0 Å². The molecule has 3 rings (SSSR count). The first-order chi connectivity index (χ1) is 11.6. The molecule has 1 fully saturated rings. The molecule has 1 aliphatic rings. The fourth-order valence-corrected chi connectivity index (χ4v) is 3.55. The zero-order chi connectivity index (χ0) is 17.1. The van der Waals surface area contributed by atoms with E-state index in [9.17, 15) is 4.79 Å². The minimum Gasteiger partial charge on any atom is -0.496 e.